The van der Waals surface area contributed by atoms with E-state index in [1.165, 1.54) is 18.3 Å². The Balaban J connectivity index is 1.98. The first-order valence-corrected chi connectivity index (χ1v) is 9.73. The van der Waals surface area contributed by atoms with E-state index in [2.05, 4.69) is 30.5 Å². The monoisotopic (exact) mass is 472 g/mol. The fraction of sp³-hybridized carbons (Fsp3) is 0.158. The van der Waals surface area contributed by atoms with Crippen molar-refractivity contribution < 1.29 is 8.78 Å². The van der Waals surface area contributed by atoms with E-state index >= 15 is 0 Å². The third-order valence-electron chi connectivity index (χ3n) is 4.80. The van der Waals surface area contributed by atoms with Crippen LogP contribution in [0.3, 0.4) is 0 Å². The Morgan fingerprint density at radius 3 is 2.64 bits per heavy atom. The van der Waals surface area contributed by atoms with Gasteiger partial charge < -0.3 is 16.8 Å². The maximum atomic E-state index is 13.7. The summed E-state index contributed by atoms with van der Waals surface area (Å²) in [5.41, 5.74) is 9.95. The maximum absolute atomic E-state index is 13.7. The highest BCUT2D eigenvalue weighted by Crippen LogP contribution is 2.31. The second kappa shape index (κ2) is 8.32. The van der Waals surface area contributed by atoms with Gasteiger partial charge in [-0.1, -0.05) is 17.7 Å². The van der Waals surface area contributed by atoms with E-state index in [9.17, 15) is 18.8 Å². The number of hydrogen-bond acceptors (Lipinski definition) is 9. The normalized spacial score (nSPS) is 12.1. The fourth-order valence-electron chi connectivity index (χ4n) is 3.35. The van der Waals surface area contributed by atoms with Crippen molar-refractivity contribution in [2.75, 3.05) is 16.8 Å². The third-order valence-corrected chi connectivity index (χ3v) is 5.11. The second-order valence-corrected chi connectivity index (χ2v) is 7.29. The van der Waals surface area contributed by atoms with Crippen molar-refractivity contribution in [3.8, 4) is 11.9 Å². The van der Waals surface area contributed by atoms with Crippen LogP contribution in [0.15, 0.2) is 29.2 Å². The number of aromatic nitrogens is 6. The van der Waals surface area contributed by atoms with E-state index in [4.69, 9.17) is 23.1 Å². The number of rotatable bonds is 5. The number of nitriles is 1. The van der Waals surface area contributed by atoms with Crippen LogP contribution in [-0.2, 0) is 0 Å². The summed E-state index contributed by atoms with van der Waals surface area (Å²) >= 11 is 6.22. The molecule has 0 fully saturated rings. The molecular formula is C19H15ClF2N10O. The van der Waals surface area contributed by atoms with Crippen LogP contribution < -0.4 is 22.3 Å². The van der Waals surface area contributed by atoms with Gasteiger partial charge >= 0.3 is 0 Å². The van der Waals surface area contributed by atoms with E-state index in [0.717, 1.165) is 10.6 Å². The van der Waals surface area contributed by atoms with Gasteiger partial charge in [-0.2, -0.15) is 20.3 Å². The Kier molecular flexibility index (Phi) is 5.52. The summed E-state index contributed by atoms with van der Waals surface area (Å²) in [6.45, 7) is 1.61. The lowest BCUT2D eigenvalue weighted by Crippen LogP contribution is -2.28. The van der Waals surface area contributed by atoms with Crippen molar-refractivity contribution in [2.45, 2.75) is 19.4 Å². The molecule has 4 rings (SSSR count). The Hall–Kier alpha value is -4.31. The van der Waals surface area contributed by atoms with Crippen LogP contribution in [0, 0.1) is 11.3 Å². The minimum Gasteiger partial charge on any atom is -0.382 e. The predicted molar refractivity (Wildman–Crippen MR) is 117 cm³/mol. The number of nitrogens with two attached hydrogens (primary N) is 2. The number of nitrogens with zero attached hydrogens (tertiary/aromatic N) is 6. The van der Waals surface area contributed by atoms with Gasteiger partial charge in [0.15, 0.2) is 5.82 Å². The highest BCUT2D eigenvalue weighted by atomic mass is 35.5. The molecule has 1 aromatic carbocycles. The highest BCUT2D eigenvalue weighted by molar-refractivity contribution is 6.35. The van der Waals surface area contributed by atoms with Crippen LogP contribution in [0.25, 0.3) is 16.7 Å². The number of nitrogen functional groups attached to an aromatic ring is 2. The molecule has 0 bridgehead atoms. The number of hydrogen-bond donors (Lipinski definition) is 4. The molecule has 0 unspecified atom stereocenters. The molecule has 4 aromatic rings. The summed E-state index contributed by atoms with van der Waals surface area (Å²) in [6, 6.07) is 4.88. The minimum absolute atomic E-state index is 0.00735. The Morgan fingerprint density at radius 1 is 1.24 bits per heavy atom. The molecule has 11 nitrogen and oxygen atoms in total. The van der Waals surface area contributed by atoms with E-state index in [-0.39, 0.29) is 50.7 Å². The average Bonchev–Trinajstić information content (AvgIpc) is 3.28. The average molecular weight is 473 g/mol. The van der Waals surface area contributed by atoms with Gasteiger partial charge in [0.1, 0.15) is 29.1 Å². The lowest BCUT2D eigenvalue weighted by molar-refractivity contribution is 0.153. The smallest absolute Gasteiger partial charge is 0.267 e. The molecule has 14 heteroatoms. The summed E-state index contributed by atoms with van der Waals surface area (Å²) in [5.74, 6) is -0.0527. The summed E-state index contributed by atoms with van der Waals surface area (Å²) in [4.78, 5) is 25.6. The molecule has 3 heterocycles. The molecule has 0 aliphatic rings. The zero-order valence-corrected chi connectivity index (χ0v) is 17.6. The van der Waals surface area contributed by atoms with Crippen molar-refractivity contribution >= 4 is 40.1 Å². The Morgan fingerprint density at radius 2 is 2.00 bits per heavy atom. The molecule has 0 saturated carbocycles. The summed E-state index contributed by atoms with van der Waals surface area (Å²) in [6.07, 6.45) is -1.54. The molecule has 0 radical (unpaired) electrons. The van der Waals surface area contributed by atoms with Crippen molar-refractivity contribution in [1.82, 2.24) is 29.7 Å². The third kappa shape index (κ3) is 3.76. The molecule has 0 spiro atoms. The molecule has 168 valence electrons. The van der Waals surface area contributed by atoms with Gasteiger partial charge in [-0.3, -0.25) is 9.89 Å². The number of aromatic amines is 1. The number of H-pyrrole nitrogens is 1. The highest BCUT2D eigenvalue weighted by Gasteiger charge is 2.25. The first kappa shape index (κ1) is 21.9. The van der Waals surface area contributed by atoms with Gasteiger partial charge in [-0.15, -0.1) is 0 Å². The van der Waals surface area contributed by atoms with Gasteiger partial charge in [-0.25, -0.2) is 18.3 Å². The lowest BCUT2D eigenvalue weighted by Gasteiger charge is -2.20. The van der Waals surface area contributed by atoms with Crippen molar-refractivity contribution in [2.24, 2.45) is 0 Å². The SMILES string of the molecule is C[C@H](Nc1nc(N)nc(N)c1C#N)c1nc2c(Cl)ccc(C(F)F)c2c(=O)n1-c1ccn[nH]1. The number of alkyl halides is 2. The van der Waals surface area contributed by atoms with E-state index in [0.29, 0.717) is 0 Å². The molecule has 33 heavy (non-hydrogen) atoms. The largest absolute Gasteiger partial charge is 0.382 e. The maximum Gasteiger partial charge on any atom is 0.267 e. The van der Waals surface area contributed by atoms with Gasteiger partial charge in [-0.05, 0) is 13.0 Å². The molecular weight excluding hydrogens is 458 g/mol. The van der Waals surface area contributed by atoms with Crippen molar-refractivity contribution in [3.63, 3.8) is 0 Å². The van der Waals surface area contributed by atoms with Crippen LogP contribution in [-0.4, -0.2) is 29.7 Å². The van der Waals surface area contributed by atoms with Gasteiger partial charge in [0.2, 0.25) is 5.95 Å². The number of benzene rings is 1. The Labute approximate surface area is 189 Å². The lowest BCUT2D eigenvalue weighted by atomic mass is 10.1. The zero-order valence-electron chi connectivity index (χ0n) is 16.8. The second-order valence-electron chi connectivity index (χ2n) is 6.88. The van der Waals surface area contributed by atoms with E-state index < -0.39 is 23.6 Å². The molecule has 0 aliphatic heterocycles. The first-order valence-electron chi connectivity index (χ1n) is 9.35. The standard InChI is InChI=1S/C19H15ClF2N10O/c1-7(27-16-9(6-23)15(24)29-19(25)30-16)17-28-13-10(20)3-2-8(14(21)22)12(13)18(33)32(17)11-4-5-26-31-11/h2-5,7,14H,1H3,(H,26,31)(H5,24,25,27,29,30)/t7-/m0/s1. The molecule has 0 amide bonds. The minimum atomic E-state index is -2.93. The molecule has 0 aliphatic carbocycles. The topological polar surface area (TPSA) is 177 Å². The zero-order chi connectivity index (χ0) is 23.9. The summed E-state index contributed by atoms with van der Waals surface area (Å²) in [7, 11) is 0. The quantitative estimate of drug-likeness (QED) is 0.340. The molecule has 3 aromatic heterocycles. The van der Waals surface area contributed by atoms with Gasteiger partial charge in [0.25, 0.3) is 12.0 Å². The van der Waals surface area contributed by atoms with Crippen LogP contribution in [0.1, 0.15) is 36.3 Å². The number of halogens is 3. The summed E-state index contributed by atoms with van der Waals surface area (Å²) in [5, 5.41) is 18.5. The molecule has 1 atom stereocenters. The van der Waals surface area contributed by atoms with Crippen molar-refractivity contribution in [3.05, 3.63) is 56.7 Å². The van der Waals surface area contributed by atoms with Gasteiger partial charge in [0, 0.05) is 11.6 Å². The summed E-state index contributed by atoms with van der Waals surface area (Å²) < 4.78 is 28.4. The van der Waals surface area contributed by atoms with E-state index in [1.54, 1.807) is 6.92 Å². The van der Waals surface area contributed by atoms with Gasteiger partial charge in [0.05, 0.1) is 28.2 Å². The molecule has 6 N–H and O–H groups in total. The number of nitrogens with one attached hydrogen (secondary N) is 2. The van der Waals surface area contributed by atoms with Crippen LogP contribution in [0.2, 0.25) is 5.02 Å². The predicted octanol–water partition coefficient (Wildman–Crippen LogP) is 2.70. The first-order chi connectivity index (χ1) is 15.7. The molecule has 0 saturated heterocycles. The fourth-order valence-corrected chi connectivity index (χ4v) is 3.55. The number of anilines is 3. The van der Waals surface area contributed by atoms with Crippen LogP contribution >= 0.6 is 11.6 Å². The van der Waals surface area contributed by atoms with E-state index in [1.807, 2.05) is 6.07 Å². The van der Waals surface area contributed by atoms with Crippen molar-refractivity contribution in [1.29, 1.82) is 5.26 Å². The number of fused-ring (bicyclic) bond motifs is 1. The van der Waals surface area contributed by atoms with Crippen LogP contribution in [0.5, 0.6) is 0 Å². The van der Waals surface area contributed by atoms with Crippen LogP contribution in [0.4, 0.5) is 26.4 Å². The Bertz CT molecular complexity index is 1460.